The van der Waals surface area contributed by atoms with Crippen LogP contribution in [0, 0.1) is 6.07 Å². The van der Waals surface area contributed by atoms with Crippen molar-refractivity contribution in [3.63, 3.8) is 0 Å². The third-order valence-corrected chi connectivity index (χ3v) is 2.59. The molecular formula is C12H15N2O2Y-. The van der Waals surface area contributed by atoms with Crippen molar-refractivity contribution in [2.24, 2.45) is 0 Å². The van der Waals surface area contributed by atoms with E-state index in [0.717, 1.165) is 5.56 Å². The minimum absolute atomic E-state index is 0. The number of carbonyl (C=O) groups excluding carboxylic acids is 1. The summed E-state index contributed by atoms with van der Waals surface area (Å²) in [5.74, 6) is 1.03. The maximum absolute atomic E-state index is 11.6. The molecular weight excluding hydrogens is 293 g/mol. The molecule has 0 N–H and O–H groups in total. The van der Waals surface area contributed by atoms with Crippen LogP contribution < -0.4 is 4.90 Å². The molecule has 1 aromatic rings. The van der Waals surface area contributed by atoms with E-state index in [1.807, 2.05) is 0 Å². The molecule has 0 unspecified atom stereocenters. The molecule has 17 heavy (non-hydrogen) atoms. The van der Waals surface area contributed by atoms with Gasteiger partial charge in [-0.25, -0.2) is 0 Å². The molecule has 2 heterocycles. The summed E-state index contributed by atoms with van der Waals surface area (Å²) < 4.78 is 5.07. The molecule has 0 spiro atoms. The van der Waals surface area contributed by atoms with Crippen LogP contribution in [0.25, 0.3) is 0 Å². The summed E-state index contributed by atoms with van der Waals surface area (Å²) in [5, 5.41) is 0. The molecule has 5 heteroatoms. The molecule has 0 aliphatic carbocycles. The molecule has 1 aromatic heterocycles. The Hall–Kier alpha value is -0.316. The van der Waals surface area contributed by atoms with Gasteiger partial charge in [0.2, 0.25) is 5.91 Å². The summed E-state index contributed by atoms with van der Waals surface area (Å²) in [7, 11) is 0. The Morgan fingerprint density at radius 1 is 1.53 bits per heavy atom. The van der Waals surface area contributed by atoms with Crippen molar-refractivity contribution in [2.45, 2.75) is 19.8 Å². The first kappa shape index (κ1) is 14.7. The fourth-order valence-corrected chi connectivity index (χ4v) is 1.58. The van der Waals surface area contributed by atoms with Gasteiger partial charge in [0.25, 0.3) is 0 Å². The SMILES string of the molecule is CC(C)c1[c-]cc(N2CCOCC2=O)nc1.[Y]. The van der Waals surface area contributed by atoms with Gasteiger partial charge in [-0.1, -0.05) is 20.0 Å². The van der Waals surface area contributed by atoms with Gasteiger partial charge in [-0.2, -0.15) is 6.07 Å². The number of aromatic nitrogens is 1. The normalized spacial score (nSPS) is 15.9. The van der Waals surface area contributed by atoms with Gasteiger partial charge in [0.1, 0.15) is 6.61 Å². The first-order valence-electron chi connectivity index (χ1n) is 5.44. The van der Waals surface area contributed by atoms with Crippen molar-refractivity contribution in [3.05, 3.63) is 23.9 Å². The number of pyridine rings is 1. The van der Waals surface area contributed by atoms with Crippen LogP contribution in [-0.4, -0.2) is 30.6 Å². The minimum Gasteiger partial charge on any atom is -0.370 e. The number of ether oxygens (including phenoxy) is 1. The number of carbonyl (C=O) groups is 1. The monoisotopic (exact) mass is 308 g/mol. The summed E-state index contributed by atoms with van der Waals surface area (Å²) in [4.78, 5) is 17.5. The zero-order chi connectivity index (χ0) is 11.5. The Bertz CT molecular complexity index is 379. The fraction of sp³-hybridized carbons (Fsp3) is 0.500. The van der Waals surface area contributed by atoms with Crippen molar-refractivity contribution < 1.29 is 42.2 Å². The molecule has 0 atom stereocenters. The van der Waals surface area contributed by atoms with Crippen LogP contribution in [0.3, 0.4) is 0 Å². The van der Waals surface area contributed by atoms with Gasteiger partial charge in [-0.05, 0) is 5.92 Å². The molecule has 4 nitrogen and oxygen atoms in total. The average molecular weight is 308 g/mol. The fourth-order valence-electron chi connectivity index (χ4n) is 1.58. The van der Waals surface area contributed by atoms with Gasteiger partial charge in [-0.3, -0.25) is 4.79 Å². The second-order valence-electron chi connectivity index (χ2n) is 4.11. The van der Waals surface area contributed by atoms with E-state index in [9.17, 15) is 4.79 Å². The summed E-state index contributed by atoms with van der Waals surface area (Å²) in [6.07, 6.45) is 1.78. The van der Waals surface area contributed by atoms with Crippen molar-refractivity contribution in [3.8, 4) is 0 Å². The molecule has 2 rings (SSSR count). The predicted octanol–water partition coefficient (Wildman–Crippen LogP) is 1.37. The maximum Gasteiger partial charge on any atom is 0.243 e. The molecule has 89 valence electrons. The van der Waals surface area contributed by atoms with Crippen LogP contribution in [-0.2, 0) is 42.2 Å². The Balaban J connectivity index is 0.00000144. The molecule has 1 saturated heterocycles. The Labute approximate surface area is 127 Å². The molecule has 1 radical (unpaired) electrons. The predicted molar refractivity (Wildman–Crippen MR) is 60.3 cm³/mol. The van der Waals surface area contributed by atoms with E-state index in [0.29, 0.717) is 24.9 Å². The summed E-state index contributed by atoms with van der Waals surface area (Å²) in [6, 6.07) is 4.93. The number of hydrogen-bond acceptors (Lipinski definition) is 3. The van der Waals surface area contributed by atoms with E-state index in [4.69, 9.17) is 4.74 Å². The molecule has 1 fully saturated rings. The Morgan fingerprint density at radius 3 is 2.82 bits per heavy atom. The van der Waals surface area contributed by atoms with E-state index >= 15 is 0 Å². The van der Waals surface area contributed by atoms with Crippen LogP contribution in [0.1, 0.15) is 25.3 Å². The molecule has 1 aliphatic heterocycles. The minimum atomic E-state index is -0.0375. The molecule has 0 saturated carbocycles. The van der Waals surface area contributed by atoms with Crippen LogP contribution in [0.15, 0.2) is 12.3 Å². The second-order valence-corrected chi connectivity index (χ2v) is 4.11. The quantitative estimate of drug-likeness (QED) is 0.775. The molecule has 0 aromatic carbocycles. The third kappa shape index (κ3) is 3.57. The first-order valence-corrected chi connectivity index (χ1v) is 5.44. The molecule has 1 aliphatic rings. The topological polar surface area (TPSA) is 42.4 Å². The Kier molecular flexibility index (Phi) is 5.70. The van der Waals surface area contributed by atoms with Crippen LogP contribution in [0.2, 0.25) is 0 Å². The third-order valence-electron chi connectivity index (χ3n) is 2.59. The molecule has 0 bridgehead atoms. The Morgan fingerprint density at radius 2 is 2.29 bits per heavy atom. The number of morpholine rings is 1. The summed E-state index contributed by atoms with van der Waals surface area (Å²) >= 11 is 0. The van der Waals surface area contributed by atoms with Crippen molar-refractivity contribution >= 4 is 11.7 Å². The number of amides is 1. The number of rotatable bonds is 2. The zero-order valence-electron chi connectivity index (χ0n) is 10.1. The summed E-state index contributed by atoms with van der Waals surface area (Å²) in [5.41, 5.74) is 1.06. The van der Waals surface area contributed by atoms with Crippen LogP contribution in [0.5, 0.6) is 0 Å². The van der Waals surface area contributed by atoms with E-state index in [-0.39, 0.29) is 45.2 Å². The zero-order valence-corrected chi connectivity index (χ0v) is 13.0. The smallest absolute Gasteiger partial charge is 0.243 e. The van der Waals surface area contributed by atoms with E-state index < -0.39 is 0 Å². The van der Waals surface area contributed by atoms with Gasteiger partial charge in [0.05, 0.1) is 6.61 Å². The average Bonchev–Trinajstić information content (AvgIpc) is 2.30. The second kappa shape index (κ2) is 6.57. The number of anilines is 1. The largest absolute Gasteiger partial charge is 0.370 e. The summed E-state index contributed by atoms with van der Waals surface area (Å²) in [6.45, 7) is 5.47. The van der Waals surface area contributed by atoms with Gasteiger partial charge in [0, 0.05) is 45.1 Å². The van der Waals surface area contributed by atoms with Crippen molar-refractivity contribution in [1.29, 1.82) is 0 Å². The maximum atomic E-state index is 11.6. The van der Waals surface area contributed by atoms with Crippen molar-refractivity contribution in [1.82, 2.24) is 4.98 Å². The van der Waals surface area contributed by atoms with Gasteiger partial charge in [-0.15, -0.1) is 11.6 Å². The van der Waals surface area contributed by atoms with Crippen molar-refractivity contribution in [2.75, 3.05) is 24.7 Å². The van der Waals surface area contributed by atoms with E-state index in [1.54, 1.807) is 17.2 Å². The van der Waals surface area contributed by atoms with Gasteiger partial charge in [0.15, 0.2) is 0 Å². The van der Waals surface area contributed by atoms with Crippen LogP contribution in [0.4, 0.5) is 5.82 Å². The van der Waals surface area contributed by atoms with E-state index in [2.05, 4.69) is 24.9 Å². The molecule has 1 amide bonds. The number of nitrogens with zero attached hydrogens (tertiary/aromatic N) is 2. The first-order chi connectivity index (χ1) is 7.68. The van der Waals surface area contributed by atoms with Gasteiger partial charge >= 0.3 is 0 Å². The standard InChI is InChI=1S/C12H15N2O2.Y/c1-9(2)10-3-4-11(13-7-10)14-5-6-16-8-12(14)15;/h4,7,9H,5-6,8H2,1-2H3;/q-1;. The number of hydrogen-bond donors (Lipinski definition) is 0. The van der Waals surface area contributed by atoms with E-state index in [1.165, 1.54) is 0 Å². The van der Waals surface area contributed by atoms with Gasteiger partial charge < -0.3 is 14.6 Å². The van der Waals surface area contributed by atoms with Crippen LogP contribution >= 0.6 is 0 Å².